The van der Waals surface area contributed by atoms with E-state index in [1.165, 1.54) is 5.56 Å². The Morgan fingerprint density at radius 3 is 2.14 bits per heavy atom. The first-order valence-corrected chi connectivity index (χ1v) is 9.92. The van der Waals surface area contributed by atoms with E-state index < -0.39 is 7.52 Å². The highest BCUT2D eigenvalue weighted by Gasteiger charge is 2.17. The van der Waals surface area contributed by atoms with Gasteiger partial charge in [0.05, 0.1) is 0 Å². The summed E-state index contributed by atoms with van der Waals surface area (Å²) in [5, 5.41) is 2.96. The van der Waals surface area contributed by atoms with Crippen LogP contribution < -0.4 is 9.61 Å². The number of halogens is 1. The van der Waals surface area contributed by atoms with E-state index in [-0.39, 0.29) is 0 Å². The van der Waals surface area contributed by atoms with E-state index in [0.717, 1.165) is 9.26 Å². The molecule has 3 nitrogen and oxygen atoms in total. The number of hydrogen-bond acceptors (Lipinski definition) is 2. The van der Waals surface area contributed by atoms with Crippen LogP contribution in [-0.4, -0.2) is 6.66 Å². The van der Waals surface area contributed by atoms with E-state index >= 15 is 0 Å². The maximum Gasteiger partial charge on any atom is 0.338 e. The third-order valence-electron chi connectivity index (χ3n) is 3.00. The van der Waals surface area contributed by atoms with Gasteiger partial charge >= 0.3 is 7.52 Å². The predicted octanol–water partition coefficient (Wildman–Crippen LogP) is 5.73. The number of rotatable bonds is 5. The summed E-state index contributed by atoms with van der Waals surface area (Å²) in [7, 11) is -2.94. The van der Waals surface area contributed by atoms with Gasteiger partial charge in [0.25, 0.3) is 0 Å². The molecule has 21 heavy (non-hydrogen) atoms. The van der Waals surface area contributed by atoms with Crippen LogP contribution in [0.2, 0.25) is 0 Å². The quantitative estimate of drug-likeness (QED) is 0.501. The molecule has 1 atom stereocenters. The smallest absolute Gasteiger partial charge is 0.338 e. The van der Waals surface area contributed by atoms with Crippen molar-refractivity contribution in [2.75, 3.05) is 11.8 Å². The standard InChI is InChI=1S/C16H19INO2P/c1-12(2)13-4-10-16(11-5-13)20-21(3,19)18-15-8-6-14(17)7-9-15/h4-12H,1-3H3,(H,18,19). The molecule has 2 aromatic rings. The zero-order valence-corrected chi connectivity index (χ0v) is 15.4. The van der Waals surface area contributed by atoms with Gasteiger partial charge in [-0.15, -0.1) is 0 Å². The van der Waals surface area contributed by atoms with Gasteiger partial charge < -0.3 is 9.61 Å². The van der Waals surface area contributed by atoms with E-state index in [4.69, 9.17) is 4.52 Å². The molecule has 0 radical (unpaired) electrons. The summed E-state index contributed by atoms with van der Waals surface area (Å²) in [4.78, 5) is 0. The van der Waals surface area contributed by atoms with Crippen LogP contribution in [0.4, 0.5) is 5.69 Å². The van der Waals surface area contributed by atoms with Gasteiger partial charge in [-0.2, -0.15) is 0 Å². The Morgan fingerprint density at radius 1 is 1.05 bits per heavy atom. The SMILES string of the molecule is CC(C)c1ccc(OP(C)(=O)Nc2ccc(I)cc2)cc1. The number of hydrogen-bond donors (Lipinski definition) is 1. The third kappa shape index (κ3) is 5.04. The van der Waals surface area contributed by atoms with Crippen molar-refractivity contribution in [3.63, 3.8) is 0 Å². The average molecular weight is 415 g/mol. The number of nitrogens with one attached hydrogen (secondary N) is 1. The number of benzene rings is 2. The third-order valence-corrected chi connectivity index (χ3v) is 4.95. The number of anilines is 1. The molecule has 2 rings (SSSR count). The second-order valence-corrected chi connectivity index (χ2v) is 8.62. The van der Waals surface area contributed by atoms with Crippen LogP contribution in [0.25, 0.3) is 0 Å². The van der Waals surface area contributed by atoms with Gasteiger partial charge in [-0.1, -0.05) is 26.0 Å². The van der Waals surface area contributed by atoms with Crippen molar-refractivity contribution in [3.8, 4) is 5.75 Å². The monoisotopic (exact) mass is 415 g/mol. The molecule has 2 aromatic carbocycles. The lowest BCUT2D eigenvalue weighted by molar-refractivity contribution is 0.493. The summed E-state index contributed by atoms with van der Waals surface area (Å²) in [6, 6.07) is 15.4. The molecule has 0 spiro atoms. The van der Waals surface area contributed by atoms with Crippen LogP contribution in [-0.2, 0) is 4.57 Å². The summed E-state index contributed by atoms with van der Waals surface area (Å²) < 4.78 is 19.3. The minimum Gasteiger partial charge on any atom is -0.429 e. The molecule has 0 aliphatic rings. The summed E-state index contributed by atoms with van der Waals surface area (Å²) in [5.41, 5.74) is 2.03. The zero-order valence-electron chi connectivity index (χ0n) is 12.3. The maximum absolute atomic E-state index is 12.5. The van der Waals surface area contributed by atoms with E-state index in [2.05, 4.69) is 41.5 Å². The van der Waals surface area contributed by atoms with E-state index in [1.54, 1.807) is 6.66 Å². The Hall–Kier alpha value is -1.00. The molecule has 0 saturated heterocycles. The molecule has 112 valence electrons. The van der Waals surface area contributed by atoms with Crippen LogP contribution in [0.15, 0.2) is 48.5 Å². The summed E-state index contributed by atoms with van der Waals surface area (Å²) in [6.45, 7) is 5.86. The molecular weight excluding hydrogens is 396 g/mol. The minimum atomic E-state index is -2.94. The highest BCUT2D eigenvalue weighted by atomic mass is 127. The van der Waals surface area contributed by atoms with E-state index in [9.17, 15) is 4.57 Å². The second kappa shape index (κ2) is 6.84. The van der Waals surface area contributed by atoms with Crippen molar-refractivity contribution in [1.29, 1.82) is 0 Å². The van der Waals surface area contributed by atoms with Crippen LogP contribution in [0.3, 0.4) is 0 Å². The molecule has 0 saturated carbocycles. The molecule has 1 unspecified atom stereocenters. The van der Waals surface area contributed by atoms with Crippen LogP contribution in [0.1, 0.15) is 25.3 Å². The largest absolute Gasteiger partial charge is 0.429 e. The van der Waals surface area contributed by atoms with Crippen molar-refractivity contribution in [1.82, 2.24) is 0 Å². The zero-order chi connectivity index (χ0) is 15.5. The van der Waals surface area contributed by atoms with Gasteiger partial charge in [-0.3, -0.25) is 4.57 Å². The fraction of sp³-hybridized carbons (Fsp3) is 0.250. The Kier molecular flexibility index (Phi) is 5.33. The summed E-state index contributed by atoms with van der Waals surface area (Å²) in [6.07, 6.45) is 0. The van der Waals surface area contributed by atoms with Gasteiger partial charge in [-0.25, -0.2) is 0 Å². The molecule has 1 N–H and O–H groups in total. The van der Waals surface area contributed by atoms with Crippen molar-refractivity contribution < 1.29 is 9.09 Å². The Labute approximate surface area is 139 Å². The summed E-state index contributed by atoms with van der Waals surface area (Å²) >= 11 is 2.23. The Balaban J connectivity index is 2.06. The first kappa shape index (κ1) is 16.4. The fourth-order valence-corrected chi connectivity index (χ4v) is 3.44. The highest BCUT2D eigenvalue weighted by Crippen LogP contribution is 2.43. The Morgan fingerprint density at radius 2 is 1.62 bits per heavy atom. The maximum atomic E-state index is 12.5. The fourth-order valence-electron chi connectivity index (χ4n) is 1.90. The molecular formula is C16H19INO2P. The molecule has 0 aliphatic carbocycles. The van der Waals surface area contributed by atoms with Crippen LogP contribution in [0.5, 0.6) is 5.75 Å². The van der Waals surface area contributed by atoms with Crippen molar-refractivity contribution >= 4 is 35.8 Å². The van der Waals surface area contributed by atoms with Crippen molar-refractivity contribution in [3.05, 3.63) is 57.7 Å². The van der Waals surface area contributed by atoms with Gasteiger partial charge in [0.1, 0.15) is 5.75 Å². The normalized spacial score (nSPS) is 13.8. The lowest BCUT2D eigenvalue weighted by Gasteiger charge is -2.18. The molecule has 0 amide bonds. The van der Waals surface area contributed by atoms with E-state index in [1.807, 2.05) is 48.5 Å². The van der Waals surface area contributed by atoms with Crippen molar-refractivity contribution in [2.24, 2.45) is 0 Å². The van der Waals surface area contributed by atoms with Crippen LogP contribution >= 0.6 is 30.1 Å². The van der Waals surface area contributed by atoms with Gasteiger partial charge in [-0.05, 0) is 70.5 Å². The minimum absolute atomic E-state index is 0.470. The predicted molar refractivity (Wildman–Crippen MR) is 97.5 cm³/mol. The molecule has 0 heterocycles. The second-order valence-electron chi connectivity index (χ2n) is 5.28. The average Bonchev–Trinajstić information content (AvgIpc) is 2.41. The molecule has 0 aromatic heterocycles. The van der Waals surface area contributed by atoms with Crippen LogP contribution in [0, 0.1) is 3.57 Å². The molecule has 5 heteroatoms. The molecule has 0 fully saturated rings. The molecule has 0 bridgehead atoms. The van der Waals surface area contributed by atoms with Crippen molar-refractivity contribution in [2.45, 2.75) is 19.8 Å². The van der Waals surface area contributed by atoms with Gasteiger partial charge in [0.2, 0.25) is 0 Å². The first-order chi connectivity index (χ1) is 9.85. The topological polar surface area (TPSA) is 38.3 Å². The first-order valence-electron chi connectivity index (χ1n) is 6.77. The van der Waals surface area contributed by atoms with Gasteiger partial charge in [0.15, 0.2) is 0 Å². The lowest BCUT2D eigenvalue weighted by atomic mass is 10.0. The summed E-state index contributed by atoms with van der Waals surface area (Å²) in [5.74, 6) is 1.08. The Bertz CT molecular complexity index is 638. The molecule has 0 aliphatic heterocycles. The highest BCUT2D eigenvalue weighted by molar-refractivity contribution is 14.1. The van der Waals surface area contributed by atoms with Gasteiger partial charge in [0, 0.05) is 15.9 Å². The lowest BCUT2D eigenvalue weighted by Crippen LogP contribution is -2.02. The van der Waals surface area contributed by atoms with E-state index in [0.29, 0.717) is 11.7 Å².